The van der Waals surface area contributed by atoms with Crippen molar-refractivity contribution in [2.24, 2.45) is 5.92 Å². The molecule has 1 saturated carbocycles. The maximum atomic E-state index is 13.0. The minimum absolute atomic E-state index is 0.107. The summed E-state index contributed by atoms with van der Waals surface area (Å²) in [5, 5.41) is 10.9. The molecular formula is C27H33NO5S. The van der Waals surface area contributed by atoms with Crippen LogP contribution >= 0.6 is 11.3 Å². The van der Waals surface area contributed by atoms with Gasteiger partial charge < -0.3 is 14.6 Å². The molecule has 0 bridgehead atoms. The Bertz CT molecular complexity index is 950. The van der Waals surface area contributed by atoms with Crippen LogP contribution in [0.3, 0.4) is 0 Å². The van der Waals surface area contributed by atoms with Gasteiger partial charge in [-0.05, 0) is 41.8 Å². The van der Waals surface area contributed by atoms with Gasteiger partial charge in [-0.3, -0.25) is 14.5 Å². The van der Waals surface area contributed by atoms with E-state index >= 15 is 0 Å². The Kier molecular flexibility index (Phi) is 9.04. The molecule has 1 aromatic carbocycles. The van der Waals surface area contributed by atoms with Crippen molar-refractivity contribution in [2.75, 3.05) is 26.3 Å². The number of rotatable bonds is 11. The topological polar surface area (TPSA) is 76.1 Å². The fourth-order valence-corrected chi connectivity index (χ4v) is 5.64. The lowest BCUT2D eigenvalue weighted by atomic mass is 9.93. The first-order valence-corrected chi connectivity index (χ1v) is 13.0. The van der Waals surface area contributed by atoms with Crippen molar-refractivity contribution in [2.45, 2.75) is 50.9 Å². The molecule has 1 N–H and O–H groups in total. The van der Waals surface area contributed by atoms with E-state index in [2.05, 4.69) is 46.7 Å². The van der Waals surface area contributed by atoms with Gasteiger partial charge in [-0.15, -0.1) is 11.3 Å². The number of benzene rings is 1. The minimum Gasteiger partial charge on any atom is -0.481 e. The van der Waals surface area contributed by atoms with Gasteiger partial charge in [-0.2, -0.15) is 0 Å². The number of nitrogens with zero attached hydrogens (tertiary/aromatic N) is 1. The highest BCUT2D eigenvalue weighted by Gasteiger charge is 2.45. The maximum absolute atomic E-state index is 13.0. The highest BCUT2D eigenvalue weighted by Crippen LogP contribution is 2.35. The molecule has 1 aromatic heterocycles. The van der Waals surface area contributed by atoms with Gasteiger partial charge in [0.05, 0.1) is 32.0 Å². The van der Waals surface area contributed by atoms with E-state index in [0.717, 1.165) is 31.5 Å². The van der Waals surface area contributed by atoms with Crippen LogP contribution < -0.4 is 0 Å². The normalized spacial score (nSPS) is 23.6. The molecule has 2 aliphatic rings. The number of Topliss-reactive ketones (excluding diaryl/α,β-unsaturated/α-hetero) is 1. The van der Waals surface area contributed by atoms with E-state index in [1.807, 2.05) is 12.2 Å². The monoisotopic (exact) mass is 483 g/mol. The molecule has 1 aliphatic heterocycles. The molecule has 34 heavy (non-hydrogen) atoms. The fourth-order valence-electron chi connectivity index (χ4n) is 4.91. The molecule has 6 nitrogen and oxygen atoms in total. The van der Waals surface area contributed by atoms with E-state index in [1.165, 1.54) is 10.4 Å². The second kappa shape index (κ2) is 12.4. The number of carboxylic acid groups (broad SMARTS) is 1. The van der Waals surface area contributed by atoms with Gasteiger partial charge in [-0.1, -0.05) is 42.5 Å². The lowest BCUT2D eigenvalue weighted by molar-refractivity contribution is -0.136. The summed E-state index contributed by atoms with van der Waals surface area (Å²) >= 11 is 1.73. The van der Waals surface area contributed by atoms with E-state index in [9.17, 15) is 9.59 Å². The first-order valence-electron chi connectivity index (χ1n) is 12.1. The summed E-state index contributed by atoms with van der Waals surface area (Å²) in [6.07, 6.45) is 6.65. The summed E-state index contributed by atoms with van der Waals surface area (Å²) in [5.41, 5.74) is 2.31. The van der Waals surface area contributed by atoms with Crippen LogP contribution in [0.25, 0.3) is 10.4 Å². The van der Waals surface area contributed by atoms with Crippen LogP contribution in [0.5, 0.6) is 0 Å². The summed E-state index contributed by atoms with van der Waals surface area (Å²) in [6, 6.07) is 12.5. The van der Waals surface area contributed by atoms with Crippen molar-refractivity contribution in [3.05, 3.63) is 59.5 Å². The van der Waals surface area contributed by atoms with Crippen LogP contribution in [0, 0.1) is 5.92 Å². The van der Waals surface area contributed by atoms with E-state index in [0.29, 0.717) is 32.7 Å². The van der Waals surface area contributed by atoms with Crippen LogP contribution in [-0.4, -0.2) is 60.2 Å². The SMILES string of the molecule is O=C(O)CC/C=C\CC[C@H]1[C@@H](OCc2ccc(-c3cccs3)cc2)CC(=O)[C@@H]1N1CCOCC1. The zero-order chi connectivity index (χ0) is 23.8. The highest BCUT2D eigenvalue weighted by atomic mass is 32.1. The number of carbonyl (C=O) groups excluding carboxylic acids is 1. The molecule has 2 heterocycles. The van der Waals surface area contributed by atoms with Crippen molar-refractivity contribution in [3.63, 3.8) is 0 Å². The highest BCUT2D eigenvalue weighted by molar-refractivity contribution is 7.13. The third-order valence-electron chi connectivity index (χ3n) is 6.64. The van der Waals surface area contributed by atoms with E-state index < -0.39 is 5.97 Å². The van der Waals surface area contributed by atoms with Crippen molar-refractivity contribution in [1.82, 2.24) is 4.90 Å². The fraction of sp³-hybridized carbons (Fsp3) is 0.481. The van der Waals surface area contributed by atoms with E-state index in [1.54, 1.807) is 11.3 Å². The lowest BCUT2D eigenvalue weighted by Gasteiger charge is -2.35. The first kappa shape index (κ1) is 24.8. The summed E-state index contributed by atoms with van der Waals surface area (Å²) < 4.78 is 11.9. The molecule has 182 valence electrons. The average Bonchev–Trinajstić information content (AvgIpc) is 3.49. The van der Waals surface area contributed by atoms with Crippen LogP contribution in [0.15, 0.2) is 53.9 Å². The lowest BCUT2D eigenvalue weighted by Crippen LogP contribution is -2.49. The van der Waals surface area contributed by atoms with Crippen molar-refractivity contribution in [1.29, 1.82) is 0 Å². The largest absolute Gasteiger partial charge is 0.481 e. The number of thiophene rings is 1. The average molecular weight is 484 g/mol. The molecule has 0 amide bonds. The number of carboxylic acids is 1. The molecule has 7 heteroatoms. The number of carbonyl (C=O) groups is 2. The Morgan fingerprint density at radius 1 is 1.15 bits per heavy atom. The van der Waals surface area contributed by atoms with Gasteiger partial charge in [0, 0.05) is 36.7 Å². The third kappa shape index (κ3) is 6.63. The van der Waals surface area contributed by atoms with E-state index in [4.69, 9.17) is 14.6 Å². The second-order valence-corrected chi connectivity index (χ2v) is 9.88. The summed E-state index contributed by atoms with van der Waals surface area (Å²) in [5.74, 6) is -0.393. The van der Waals surface area contributed by atoms with Crippen LogP contribution in [0.1, 0.15) is 37.7 Å². The quantitative estimate of drug-likeness (QED) is 0.463. The second-order valence-electron chi connectivity index (χ2n) is 8.93. The summed E-state index contributed by atoms with van der Waals surface area (Å²) in [4.78, 5) is 27.3. The minimum atomic E-state index is -0.782. The summed E-state index contributed by atoms with van der Waals surface area (Å²) in [6.45, 7) is 3.36. The number of aliphatic carboxylic acids is 1. The molecule has 3 atom stereocenters. The van der Waals surface area contributed by atoms with Crippen LogP contribution in [0.2, 0.25) is 0 Å². The molecule has 4 rings (SSSR count). The number of ketones is 1. The first-order chi connectivity index (χ1) is 16.6. The van der Waals surface area contributed by atoms with Gasteiger partial charge in [-0.25, -0.2) is 0 Å². The van der Waals surface area contributed by atoms with Crippen LogP contribution in [0.4, 0.5) is 0 Å². The van der Waals surface area contributed by atoms with Crippen LogP contribution in [-0.2, 0) is 25.7 Å². The summed E-state index contributed by atoms with van der Waals surface area (Å²) in [7, 11) is 0. The van der Waals surface area contributed by atoms with Crippen molar-refractivity contribution < 1.29 is 24.2 Å². The van der Waals surface area contributed by atoms with Gasteiger partial charge in [0.1, 0.15) is 0 Å². The Morgan fingerprint density at radius 3 is 2.62 bits per heavy atom. The van der Waals surface area contributed by atoms with Crippen molar-refractivity contribution in [3.8, 4) is 10.4 Å². The Balaban J connectivity index is 1.38. The molecule has 1 aliphatic carbocycles. The Morgan fingerprint density at radius 2 is 1.91 bits per heavy atom. The number of ether oxygens (including phenoxy) is 2. The number of morpholine rings is 1. The molecule has 0 spiro atoms. The number of hydrogen-bond donors (Lipinski definition) is 1. The van der Waals surface area contributed by atoms with Gasteiger partial charge in [0.15, 0.2) is 5.78 Å². The van der Waals surface area contributed by atoms with E-state index in [-0.39, 0.29) is 30.3 Å². The van der Waals surface area contributed by atoms with Crippen molar-refractivity contribution >= 4 is 23.1 Å². The molecule has 0 unspecified atom stereocenters. The molecule has 0 radical (unpaired) electrons. The molecule has 2 fully saturated rings. The smallest absolute Gasteiger partial charge is 0.303 e. The van der Waals surface area contributed by atoms with Gasteiger partial charge in [0.25, 0.3) is 0 Å². The Hall–Kier alpha value is -2.32. The predicted octanol–water partition coefficient (Wildman–Crippen LogP) is 4.79. The maximum Gasteiger partial charge on any atom is 0.303 e. The van der Waals surface area contributed by atoms with Gasteiger partial charge >= 0.3 is 5.97 Å². The third-order valence-corrected chi connectivity index (χ3v) is 7.56. The van der Waals surface area contributed by atoms with Gasteiger partial charge in [0.2, 0.25) is 0 Å². The number of allylic oxidation sites excluding steroid dienone is 2. The zero-order valence-electron chi connectivity index (χ0n) is 19.4. The predicted molar refractivity (Wildman–Crippen MR) is 133 cm³/mol. The Labute approximate surface area is 205 Å². The number of hydrogen-bond acceptors (Lipinski definition) is 6. The zero-order valence-corrected chi connectivity index (χ0v) is 20.3. The standard InChI is InChI=1S/C27H33NO5S/c29-23-18-24(33-19-20-9-11-21(12-10-20)25-7-5-17-34-25)22(6-3-1-2-4-8-26(30)31)27(23)28-13-15-32-16-14-28/h1-2,5,7,9-12,17,22,24,27H,3-4,6,8,13-16,18-19H2,(H,30,31)/b2-1-/t22-,24-,27+/m0/s1. The molecule has 2 aromatic rings. The molecular weight excluding hydrogens is 450 g/mol. The molecule has 1 saturated heterocycles.